The van der Waals surface area contributed by atoms with Crippen molar-refractivity contribution in [3.05, 3.63) is 137 Å². The second-order valence-electron chi connectivity index (χ2n) is 18.8. The van der Waals surface area contributed by atoms with Crippen LogP contribution in [0.5, 0.6) is 0 Å². The molecular weight excluding hydrogens is 939 g/mol. The van der Waals surface area contributed by atoms with Gasteiger partial charge in [-0.2, -0.15) is 0 Å². The van der Waals surface area contributed by atoms with Crippen LogP contribution in [-0.2, 0) is 61.8 Å². The van der Waals surface area contributed by atoms with Gasteiger partial charge in [0.05, 0.1) is 39.8 Å². The molecule has 1 N–H and O–H groups in total. The Hall–Kier alpha value is -7.51. The summed E-state index contributed by atoms with van der Waals surface area (Å²) >= 11 is 0. The summed E-state index contributed by atoms with van der Waals surface area (Å²) in [6.07, 6.45) is -11.4. The molecule has 3 fully saturated rings. The van der Waals surface area contributed by atoms with Crippen LogP contribution in [0, 0.1) is 17.3 Å². The number of benzene rings is 3. The molecule has 2 aliphatic heterocycles. The number of esters is 8. The van der Waals surface area contributed by atoms with E-state index in [2.05, 4.69) is 4.98 Å². The molecule has 1 aromatic heterocycles. The maximum Gasteiger partial charge on any atom is 0.340 e. The monoisotopic (exact) mass is 991 g/mol. The molecule has 19 heteroatoms. The molecule has 1 spiro atoms. The van der Waals surface area contributed by atoms with Gasteiger partial charge in [0, 0.05) is 32.9 Å². The molecule has 4 aliphatic rings. The Morgan fingerprint density at radius 2 is 1.12 bits per heavy atom. The van der Waals surface area contributed by atoms with E-state index in [0.29, 0.717) is 0 Å². The molecule has 3 heterocycles. The number of hydrogen-bond donors (Lipinski definition) is 1. The molecular formula is C53H53NO18. The van der Waals surface area contributed by atoms with Crippen molar-refractivity contribution in [1.29, 1.82) is 0 Å². The third-order valence-corrected chi connectivity index (χ3v) is 14.3. The van der Waals surface area contributed by atoms with Crippen molar-refractivity contribution in [3.8, 4) is 0 Å². The fourth-order valence-electron chi connectivity index (χ4n) is 11.0. The zero-order valence-corrected chi connectivity index (χ0v) is 40.3. The number of aliphatic hydroxyl groups is 1. The first kappa shape index (κ1) is 50.9. The molecule has 2 aliphatic carbocycles. The number of cyclic esters (lactones) is 1. The van der Waals surface area contributed by atoms with Gasteiger partial charge in [0.15, 0.2) is 30.0 Å². The van der Waals surface area contributed by atoms with Gasteiger partial charge in [-0.05, 0) is 62.4 Å². The van der Waals surface area contributed by atoms with Crippen LogP contribution < -0.4 is 0 Å². The molecule has 0 radical (unpaired) electrons. The molecule has 0 unspecified atom stereocenters. The van der Waals surface area contributed by atoms with E-state index in [1.165, 1.54) is 92.8 Å². The second kappa shape index (κ2) is 19.6. The Balaban J connectivity index is 1.54. The van der Waals surface area contributed by atoms with Crippen LogP contribution in [0.2, 0.25) is 0 Å². The molecule has 13 atom stereocenters. The lowest BCUT2D eigenvalue weighted by Gasteiger charge is -2.67. The van der Waals surface area contributed by atoms with Crippen LogP contribution in [0.15, 0.2) is 109 Å². The summed E-state index contributed by atoms with van der Waals surface area (Å²) in [5.74, 6) is -12.3. The summed E-state index contributed by atoms with van der Waals surface area (Å²) < 4.78 is 57.7. The normalized spacial score (nSPS) is 32.5. The van der Waals surface area contributed by atoms with Crippen LogP contribution in [0.4, 0.5) is 0 Å². The number of nitrogens with zero attached hydrogens (tertiary/aromatic N) is 1. The zero-order chi connectivity index (χ0) is 51.9. The summed E-state index contributed by atoms with van der Waals surface area (Å²) in [5.41, 5.74) is -11.0. The van der Waals surface area contributed by atoms with Crippen LogP contribution in [0.3, 0.4) is 0 Å². The van der Waals surface area contributed by atoms with Crippen molar-refractivity contribution in [1.82, 2.24) is 4.98 Å². The highest BCUT2D eigenvalue weighted by molar-refractivity contribution is 5.92. The van der Waals surface area contributed by atoms with Crippen molar-refractivity contribution in [3.63, 3.8) is 0 Å². The molecule has 0 amide bonds. The number of ether oxygens (including phenoxy) is 9. The number of rotatable bonds is 10. The third-order valence-electron chi connectivity index (χ3n) is 14.3. The summed E-state index contributed by atoms with van der Waals surface area (Å²) in [6, 6.07) is 25.4. The van der Waals surface area contributed by atoms with E-state index in [4.69, 9.17) is 42.6 Å². The van der Waals surface area contributed by atoms with E-state index in [9.17, 15) is 43.5 Å². The summed E-state index contributed by atoms with van der Waals surface area (Å²) in [6.45, 7) is 6.64. The average molecular weight is 992 g/mol. The van der Waals surface area contributed by atoms with Crippen molar-refractivity contribution >= 4 is 47.8 Å². The number of pyridine rings is 1. The molecule has 72 heavy (non-hydrogen) atoms. The summed E-state index contributed by atoms with van der Waals surface area (Å²) in [5, 5.41) is 14.1. The van der Waals surface area contributed by atoms with E-state index < -0.39 is 138 Å². The predicted molar refractivity (Wildman–Crippen MR) is 245 cm³/mol. The quantitative estimate of drug-likeness (QED) is 0.164. The van der Waals surface area contributed by atoms with Crippen molar-refractivity contribution < 1.29 is 86.1 Å². The minimum atomic E-state index is -2.96. The molecule has 3 aromatic carbocycles. The van der Waals surface area contributed by atoms with Crippen LogP contribution >= 0.6 is 0 Å². The molecule has 1 saturated heterocycles. The van der Waals surface area contributed by atoms with Crippen molar-refractivity contribution in [2.75, 3.05) is 13.2 Å². The van der Waals surface area contributed by atoms with Crippen LogP contribution in [-0.4, -0.2) is 124 Å². The third kappa shape index (κ3) is 8.63. The minimum Gasteiger partial charge on any atom is -0.465 e. The van der Waals surface area contributed by atoms with E-state index in [1.807, 2.05) is 0 Å². The van der Waals surface area contributed by atoms with E-state index in [1.54, 1.807) is 37.3 Å². The molecule has 4 bridgehead atoms. The van der Waals surface area contributed by atoms with E-state index >= 15 is 0 Å². The highest BCUT2D eigenvalue weighted by atomic mass is 16.7. The lowest BCUT2D eigenvalue weighted by Crippen LogP contribution is -2.89. The molecule has 378 valence electrons. The lowest BCUT2D eigenvalue weighted by atomic mass is 9.45. The molecule has 2 saturated carbocycles. The maximum absolute atomic E-state index is 14.9. The number of carbonyl (C=O) groups excluding carboxylic acids is 8. The van der Waals surface area contributed by atoms with Gasteiger partial charge in [0.25, 0.3) is 0 Å². The smallest absolute Gasteiger partial charge is 0.340 e. The van der Waals surface area contributed by atoms with Crippen LogP contribution in [0.25, 0.3) is 0 Å². The SMILES string of the molecule is CC(=O)OC[C@]12[C@H](OC(=O)c3ccccc3)[C@H](OC(C)=O)[C@@H]3[C@@H](OC(=O)c4ccccc4)[C@@]14O[C@@]3(C)COC(=O)c1cccnc1[C@H](C)[C@H](C)C(=O)O[C@@H]([C@H](OC(C)=O)[C@@H]2OC(=O)c1ccccc1)[C@]4(C)O. The van der Waals surface area contributed by atoms with Gasteiger partial charge in [-0.3, -0.25) is 24.2 Å². The fraction of sp³-hybridized carbons (Fsp3) is 0.415. The molecule has 8 rings (SSSR count). The zero-order valence-electron chi connectivity index (χ0n) is 40.3. The predicted octanol–water partition coefficient (Wildman–Crippen LogP) is 4.92. The van der Waals surface area contributed by atoms with Crippen molar-refractivity contribution in [2.45, 2.75) is 108 Å². The van der Waals surface area contributed by atoms with Gasteiger partial charge in [0.2, 0.25) is 0 Å². The second-order valence-corrected chi connectivity index (χ2v) is 18.8. The average Bonchev–Trinajstić information content (AvgIpc) is 3.58. The summed E-state index contributed by atoms with van der Waals surface area (Å²) in [7, 11) is 0. The van der Waals surface area contributed by atoms with E-state index in [0.717, 1.165) is 27.7 Å². The Labute approximate surface area is 413 Å². The lowest BCUT2D eigenvalue weighted by molar-refractivity contribution is -0.384. The first-order valence-electron chi connectivity index (χ1n) is 23.2. The van der Waals surface area contributed by atoms with Gasteiger partial charge >= 0.3 is 47.8 Å². The summed E-state index contributed by atoms with van der Waals surface area (Å²) in [4.78, 5) is 119. The Morgan fingerprint density at radius 3 is 1.62 bits per heavy atom. The van der Waals surface area contributed by atoms with Crippen LogP contribution in [0.1, 0.15) is 102 Å². The largest absolute Gasteiger partial charge is 0.465 e. The number of aromatic nitrogens is 1. The topological polar surface area (TPSA) is 253 Å². The number of fused-ring (bicyclic) bond motifs is 5. The number of hydrogen-bond acceptors (Lipinski definition) is 19. The highest BCUT2D eigenvalue weighted by Crippen LogP contribution is 2.70. The molecule has 4 aromatic rings. The number of carbonyl (C=O) groups is 8. The maximum atomic E-state index is 14.9. The Kier molecular flexibility index (Phi) is 13.8. The Morgan fingerprint density at radius 1 is 0.639 bits per heavy atom. The standard InChI is InChI=1S/C53H53NO18/c1-28-29(2)45(58)69-42-40(67-32(5)57)44(71-48(61)35-22-15-10-16-23-35)52(27-64-30(3)55)43(70-47(60)34-20-13-9-14-21-34)39(66-31(4)56)37-41(68-46(59)33-18-11-8-12-19-33)53(52,51(42,7)63)72-50(37,6)26-65-49(62)36-24-17-25-54-38(28)36/h8-25,28-29,37,39-44,63H,26-27H2,1-7H3/t28-,29+,37-,39-,40+,41-,42+,43-,44+,50+,51+,52-,53+/m1/s1. The molecule has 19 nitrogen and oxygen atoms in total. The van der Waals surface area contributed by atoms with Gasteiger partial charge in [-0.1, -0.05) is 68.4 Å². The first-order chi connectivity index (χ1) is 34.2. The van der Waals surface area contributed by atoms with Crippen molar-refractivity contribution in [2.24, 2.45) is 17.3 Å². The minimum absolute atomic E-state index is 0.0465. The van der Waals surface area contributed by atoms with Gasteiger partial charge < -0.3 is 47.7 Å². The Bertz CT molecular complexity index is 2770. The van der Waals surface area contributed by atoms with E-state index in [-0.39, 0.29) is 27.9 Å². The first-order valence-corrected chi connectivity index (χ1v) is 23.2. The fourth-order valence-corrected chi connectivity index (χ4v) is 11.0. The van der Waals surface area contributed by atoms with Gasteiger partial charge in [-0.15, -0.1) is 0 Å². The highest BCUT2D eigenvalue weighted by Gasteiger charge is 2.92. The van der Waals surface area contributed by atoms with Gasteiger partial charge in [0.1, 0.15) is 42.0 Å². The van der Waals surface area contributed by atoms with Gasteiger partial charge in [-0.25, -0.2) is 19.2 Å².